The Labute approximate surface area is 125 Å². The van der Waals surface area contributed by atoms with Gasteiger partial charge in [-0.05, 0) is 37.0 Å². The van der Waals surface area contributed by atoms with Gasteiger partial charge in [0.2, 0.25) is 5.91 Å². The topological polar surface area (TPSA) is 68.4 Å². The zero-order valence-electron chi connectivity index (χ0n) is 12.2. The monoisotopic (exact) mass is 289 g/mol. The third-order valence-electron chi connectivity index (χ3n) is 4.08. The van der Waals surface area contributed by atoms with E-state index in [-0.39, 0.29) is 11.9 Å². The molecule has 6 nitrogen and oxygen atoms in total. The molecule has 1 amide bonds. The van der Waals surface area contributed by atoms with E-state index in [0.29, 0.717) is 13.1 Å². The number of carbonyl (C=O) groups is 1. The Hall–Kier alpha value is -1.63. The molecule has 0 saturated carbocycles. The van der Waals surface area contributed by atoms with Gasteiger partial charge in [-0.15, -0.1) is 0 Å². The van der Waals surface area contributed by atoms with Crippen molar-refractivity contribution in [1.29, 1.82) is 0 Å². The minimum absolute atomic E-state index is 0.00704. The third-order valence-corrected chi connectivity index (χ3v) is 4.08. The summed E-state index contributed by atoms with van der Waals surface area (Å²) in [7, 11) is 0. The van der Waals surface area contributed by atoms with Crippen LogP contribution < -0.4 is 26.6 Å². The summed E-state index contributed by atoms with van der Waals surface area (Å²) in [5, 5.41) is 2.94. The molecule has 2 saturated heterocycles. The van der Waals surface area contributed by atoms with Crippen LogP contribution in [0.4, 0.5) is 5.69 Å². The molecule has 0 bridgehead atoms. The molecule has 3 rings (SSSR count). The van der Waals surface area contributed by atoms with E-state index >= 15 is 0 Å². The summed E-state index contributed by atoms with van der Waals surface area (Å²) < 4.78 is 0. The zero-order valence-corrected chi connectivity index (χ0v) is 12.2. The van der Waals surface area contributed by atoms with Crippen molar-refractivity contribution in [1.82, 2.24) is 21.7 Å². The van der Waals surface area contributed by atoms with E-state index in [0.717, 1.165) is 18.7 Å². The zero-order chi connectivity index (χ0) is 14.5. The van der Waals surface area contributed by atoms with Gasteiger partial charge in [0.15, 0.2) is 0 Å². The second-order valence-electron chi connectivity index (χ2n) is 5.63. The molecule has 114 valence electrons. The number of hydrogen-bond acceptors (Lipinski definition) is 5. The van der Waals surface area contributed by atoms with Gasteiger partial charge in [0.05, 0.1) is 0 Å². The molecule has 2 aliphatic rings. The smallest absolute Gasteiger partial charge is 0.240 e. The fraction of sp³-hybridized carbons (Fsp3) is 0.533. The van der Waals surface area contributed by atoms with Crippen LogP contribution in [0.3, 0.4) is 0 Å². The number of nitrogens with one attached hydrogen (secondary N) is 4. The molecule has 1 aromatic carbocycles. The van der Waals surface area contributed by atoms with Crippen LogP contribution in [0.5, 0.6) is 0 Å². The second kappa shape index (κ2) is 6.89. The number of nitrogens with zero attached hydrogens (tertiary/aromatic N) is 1. The van der Waals surface area contributed by atoms with Crippen molar-refractivity contribution >= 4 is 11.6 Å². The lowest BCUT2D eigenvalue weighted by Crippen LogP contribution is -2.44. The van der Waals surface area contributed by atoms with Crippen molar-refractivity contribution in [3.63, 3.8) is 0 Å². The van der Waals surface area contributed by atoms with Crippen LogP contribution in [0.2, 0.25) is 0 Å². The predicted molar refractivity (Wildman–Crippen MR) is 82.4 cm³/mol. The number of hydrazine groups is 2. The molecule has 0 aliphatic carbocycles. The maximum Gasteiger partial charge on any atom is 0.240 e. The maximum atomic E-state index is 11.9. The highest BCUT2D eigenvalue weighted by atomic mass is 16.2. The minimum Gasteiger partial charge on any atom is -0.372 e. The van der Waals surface area contributed by atoms with E-state index in [1.165, 1.54) is 24.9 Å². The van der Waals surface area contributed by atoms with Crippen LogP contribution in [0, 0.1) is 0 Å². The summed E-state index contributed by atoms with van der Waals surface area (Å²) in [6.45, 7) is 3.48. The number of rotatable bonds is 4. The van der Waals surface area contributed by atoms with E-state index in [4.69, 9.17) is 0 Å². The molecule has 0 radical (unpaired) electrons. The van der Waals surface area contributed by atoms with Crippen molar-refractivity contribution in [3.05, 3.63) is 29.8 Å². The van der Waals surface area contributed by atoms with E-state index < -0.39 is 0 Å². The highest BCUT2D eigenvalue weighted by molar-refractivity contribution is 5.82. The minimum atomic E-state index is -0.211. The second-order valence-corrected chi connectivity index (χ2v) is 5.63. The molecule has 4 N–H and O–H groups in total. The number of amides is 1. The van der Waals surface area contributed by atoms with E-state index in [1.54, 1.807) is 0 Å². The standard InChI is InChI=1S/C15H23N5O/c21-15(14-11-17-19-18-14)16-10-12-4-6-13(7-5-12)20-8-2-1-3-9-20/h4-7,14,17-19H,1-3,8-11H2,(H,16,21). The van der Waals surface area contributed by atoms with Crippen molar-refractivity contribution in [3.8, 4) is 0 Å². The Morgan fingerprint density at radius 3 is 2.62 bits per heavy atom. The average molecular weight is 289 g/mol. The van der Waals surface area contributed by atoms with E-state index in [1.807, 2.05) is 0 Å². The summed E-state index contributed by atoms with van der Waals surface area (Å²) in [6, 6.07) is 8.30. The molecule has 21 heavy (non-hydrogen) atoms. The highest BCUT2D eigenvalue weighted by Crippen LogP contribution is 2.20. The fourth-order valence-electron chi connectivity index (χ4n) is 2.79. The fourth-order valence-corrected chi connectivity index (χ4v) is 2.79. The number of anilines is 1. The van der Waals surface area contributed by atoms with Crippen LogP contribution in [0.1, 0.15) is 24.8 Å². The molecule has 1 unspecified atom stereocenters. The Kier molecular flexibility index (Phi) is 4.69. The van der Waals surface area contributed by atoms with Gasteiger partial charge in [0.25, 0.3) is 0 Å². The van der Waals surface area contributed by atoms with Crippen LogP contribution in [-0.2, 0) is 11.3 Å². The van der Waals surface area contributed by atoms with Crippen LogP contribution >= 0.6 is 0 Å². The Morgan fingerprint density at radius 1 is 1.19 bits per heavy atom. The normalized spacial score (nSPS) is 22.3. The molecular weight excluding hydrogens is 266 g/mol. The van der Waals surface area contributed by atoms with Gasteiger partial charge >= 0.3 is 0 Å². The Morgan fingerprint density at radius 2 is 1.95 bits per heavy atom. The summed E-state index contributed by atoms with van der Waals surface area (Å²) in [5.74, 6) is 0.00704. The first-order chi connectivity index (χ1) is 10.3. The number of piperidine rings is 1. The predicted octanol–water partition coefficient (Wildman–Crippen LogP) is 0.274. The van der Waals surface area contributed by atoms with Crippen molar-refractivity contribution in [2.45, 2.75) is 31.8 Å². The quantitative estimate of drug-likeness (QED) is 0.641. The summed E-state index contributed by atoms with van der Waals surface area (Å²) in [6.07, 6.45) is 3.92. The van der Waals surface area contributed by atoms with E-state index in [2.05, 4.69) is 50.9 Å². The lowest BCUT2D eigenvalue weighted by Gasteiger charge is -2.28. The van der Waals surface area contributed by atoms with Gasteiger partial charge in [-0.2, -0.15) is 5.53 Å². The van der Waals surface area contributed by atoms with Crippen molar-refractivity contribution in [2.24, 2.45) is 0 Å². The molecule has 0 aromatic heterocycles. The molecular formula is C15H23N5O. The largest absolute Gasteiger partial charge is 0.372 e. The summed E-state index contributed by atoms with van der Waals surface area (Å²) >= 11 is 0. The highest BCUT2D eigenvalue weighted by Gasteiger charge is 2.21. The van der Waals surface area contributed by atoms with Gasteiger partial charge in [0, 0.05) is 31.9 Å². The molecule has 0 spiro atoms. The first-order valence-electron chi connectivity index (χ1n) is 7.68. The van der Waals surface area contributed by atoms with Crippen molar-refractivity contribution < 1.29 is 4.79 Å². The average Bonchev–Trinajstić information content (AvgIpc) is 3.08. The first-order valence-corrected chi connectivity index (χ1v) is 7.68. The van der Waals surface area contributed by atoms with Gasteiger partial charge in [-0.3, -0.25) is 4.79 Å². The Balaban J connectivity index is 1.50. The number of carbonyl (C=O) groups excluding carboxylic acids is 1. The lowest BCUT2D eigenvalue weighted by atomic mass is 10.1. The molecule has 2 heterocycles. The third kappa shape index (κ3) is 3.72. The van der Waals surface area contributed by atoms with Crippen molar-refractivity contribution in [2.75, 3.05) is 24.5 Å². The Bertz CT molecular complexity index is 463. The van der Waals surface area contributed by atoms with Gasteiger partial charge < -0.3 is 10.2 Å². The molecule has 1 atom stereocenters. The number of benzene rings is 1. The molecule has 6 heteroatoms. The lowest BCUT2D eigenvalue weighted by molar-refractivity contribution is -0.122. The maximum absolute atomic E-state index is 11.9. The molecule has 2 fully saturated rings. The SMILES string of the molecule is O=C(NCc1ccc(N2CCCCC2)cc1)C1CNNN1. The molecule has 1 aromatic rings. The van der Waals surface area contributed by atoms with Gasteiger partial charge in [-0.25, -0.2) is 10.9 Å². The van der Waals surface area contributed by atoms with Gasteiger partial charge in [0.1, 0.15) is 6.04 Å². The van der Waals surface area contributed by atoms with E-state index in [9.17, 15) is 4.79 Å². The first kappa shape index (κ1) is 14.3. The summed E-state index contributed by atoms with van der Waals surface area (Å²) in [4.78, 5) is 14.3. The van der Waals surface area contributed by atoms with Gasteiger partial charge in [-0.1, -0.05) is 12.1 Å². The molecule has 2 aliphatic heterocycles. The van der Waals surface area contributed by atoms with Crippen LogP contribution in [-0.4, -0.2) is 31.6 Å². The number of hydrogen-bond donors (Lipinski definition) is 4. The van der Waals surface area contributed by atoms with Crippen LogP contribution in [0.25, 0.3) is 0 Å². The summed E-state index contributed by atoms with van der Waals surface area (Å²) in [5.41, 5.74) is 10.9. The van der Waals surface area contributed by atoms with Crippen LogP contribution in [0.15, 0.2) is 24.3 Å².